The maximum Gasteiger partial charge on any atom is 0.416 e. The topological polar surface area (TPSA) is 60.7 Å². The molecule has 0 radical (unpaired) electrons. The van der Waals surface area contributed by atoms with E-state index in [-0.39, 0.29) is 16.4 Å². The lowest BCUT2D eigenvalue weighted by Gasteiger charge is -2.06. The van der Waals surface area contributed by atoms with Gasteiger partial charge in [-0.05, 0) is 18.2 Å². The molecule has 5 nitrogen and oxygen atoms in total. The van der Waals surface area contributed by atoms with Crippen LogP contribution in [0.2, 0.25) is 0 Å². The number of rotatable bonds is 2. The molecule has 0 aliphatic carbocycles. The molecule has 0 saturated carbocycles. The van der Waals surface area contributed by atoms with E-state index in [9.17, 15) is 22.8 Å². The summed E-state index contributed by atoms with van der Waals surface area (Å²) in [6, 6.07) is 4.40. The van der Waals surface area contributed by atoms with Crippen LogP contribution in [0, 0.1) is 0 Å². The van der Waals surface area contributed by atoms with Crippen LogP contribution in [0.1, 0.15) is 24.2 Å². The van der Waals surface area contributed by atoms with Crippen LogP contribution in [0.25, 0.3) is 0 Å². The molecule has 0 spiro atoms. The average Bonchev–Trinajstić information content (AvgIpc) is 2.80. The van der Waals surface area contributed by atoms with Crippen LogP contribution in [0.3, 0.4) is 0 Å². The van der Waals surface area contributed by atoms with E-state index < -0.39 is 23.6 Å². The number of thiazole rings is 1. The third-order valence-electron chi connectivity index (χ3n) is 2.64. The average molecular weight is 344 g/mol. The Bertz CT molecular complexity index is 821. The lowest BCUT2D eigenvalue weighted by Crippen LogP contribution is -2.22. The first-order valence-corrected chi connectivity index (χ1v) is 7.18. The van der Waals surface area contributed by atoms with Crippen molar-refractivity contribution >= 4 is 28.9 Å². The van der Waals surface area contributed by atoms with Gasteiger partial charge in [0.05, 0.1) is 16.6 Å². The third-order valence-corrected chi connectivity index (χ3v) is 3.44. The molecule has 1 heterocycles. The molecule has 122 valence electrons. The highest BCUT2D eigenvalue weighted by Gasteiger charge is 2.30. The molecule has 0 unspecified atom stereocenters. The third kappa shape index (κ3) is 4.07. The number of aromatic nitrogens is 1. The van der Waals surface area contributed by atoms with Crippen molar-refractivity contribution in [3.8, 4) is 5.88 Å². The minimum atomic E-state index is -4.49. The van der Waals surface area contributed by atoms with Crippen LogP contribution in [-0.4, -0.2) is 16.4 Å². The van der Waals surface area contributed by atoms with Gasteiger partial charge in [0.1, 0.15) is 0 Å². The molecule has 9 heteroatoms. The summed E-state index contributed by atoms with van der Waals surface area (Å²) in [7, 11) is 0. The first-order chi connectivity index (χ1) is 10.7. The predicted molar refractivity (Wildman–Crippen MR) is 76.6 cm³/mol. The van der Waals surface area contributed by atoms with E-state index >= 15 is 0 Å². The zero-order valence-electron chi connectivity index (χ0n) is 12.0. The molecule has 0 aliphatic rings. The molecule has 0 N–H and O–H groups in total. The minimum Gasteiger partial charge on any atom is -0.408 e. The quantitative estimate of drug-likeness (QED) is 0.785. The molecular formula is C14H11F3N2O3S. The van der Waals surface area contributed by atoms with Crippen LogP contribution in [0.4, 0.5) is 18.9 Å². The first-order valence-electron chi connectivity index (χ1n) is 6.30. The molecule has 2 rings (SSSR count). The summed E-state index contributed by atoms with van der Waals surface area (Å²) < 4.78 is 44.0. The number of alkyl halides is 3. The summed E-state index contributed by atoms with van der Waals surface area (Å²) in [5.74, 6) is -1.13. The zero-order valence-corrected chi connectivity index (χ0v) is 12.9. The molecule has 23 heavy (non-hydrogen) atoms. The van der Waals surface area contributed by atoms with Gasteiger partial charge < -0.3 is 4.74 Å². The summed E-state index contributed by atoms with van der Waals surface area (Å²) in [5, 5.41) is 1.38. The fourth-order valence-electron chi connectivity index (χ4n) is 1.75. The second-order valence-corrected chi connectivity index (χ2v) is 5.30. The summed E-state index contributed by atoms with van der Waals surface area (Å²) in [4.78, 5) is 26.8. The number of esters is 1. The fourth-order valence-corrected chi connectivity index (χ4v) is 2.59. The van der Waals surface area contributed by atoms with Gasteiger partial charge in [-0.3, -0.25) is 9.59 Å². The van der Waals surface area contributed by atoms with E-state index in [4.69, 9.17) is 4.74 Å². The molecule has 1 aromatic carbocycles. The van der Waals surface area contributed by atoms with Gasteiger partial charge in [0, 0.05) is 13.8 Å². The van der Waals surface area contributed by atoms with Gasteiger partial charge in [0.15, 0.2) is 4.80 Å². The second kappa shape index (κ2) is 6.37. The van der Waals surface area contributed by atoms with Crippen LogP contribution in [0.5, 0.6) is 5.88 Å². The first kappa shape index (κ1) is 16.9. The molecule has 2 aromatic rings. The highest BCUT2D eigenvalue weighted by atomic mass is 32.1. The maximum atomic E-state index is 12.7. The van der Waals surface area contributed by atoms with Crippen LogP contribution >= 0.6 is 11.3 Å². The van der Waals surface area contributed by atoms with Crippen molar-refractivity contribution in [1.82, 2.24) is 4.57 Å². The Morgan fingerprint density at radius 1 is 1.26 bits per heavy atom. The van der Waals surface area contributed by atoms with Gasteiger partial charge in [-0.25, -0.2) is 9.56 Å². The fraction of sp³-hybridized carbons (Fsp3) is 0.214. The largest absolute Gasteiger partial charge is 0.416 e. The van der Waals surface area contributed by atoms with Gasteiger partial charge in [0.2, 0.25) is 11.8 Å². The lowest BCUT2D eigenvalue weighted by molar-refractivity contribution is -0.137. The summed E-state index contributed by atoms with van der Waals surface area (Å²) in [6.45, 7) is 2.40. The van der Waals surface area contributed by atoms with Crippen LogP contribution in [-0.2, 0) is 11.0 Å². The molecular weight excluding hydrogens is 333 g/mol. The Morgan fingerprint density at radius 2 is 1.96 bits per heavy atom. The SMILES string of the molecule is CC(=O)Oc1csc(=Nc2cccc(C(F)(F)F)c2)n1C(C)=O. The zero-order chi connectivity index (χ0) is 17.2. The normalized spacial score (nSPS) is 12.3. The van der Waals surface area contributed by atoms with Gasteiger partial charge in [-0.15, -0.1) is 11.3 Å². The molecule has 1 aromatic heterocycles. The maximum absolute atomic E-state index is 12.7. The molecule has 0 aliphatic heterocycles. The standard InChI is InChI=1S/C14H11F3N2O3S/c1-8(20)19-12(22-9(2)21)7-23-13(19)18-11-5-3-4-10(6-11)14(15,16)17/h3-7H,1-2H3. The number of hydrogen-bond donors (Lipinski definition) is 0. The number of carbonyl (C=O) groups excluding carboxylic acids is 2. The van der Waals surface area contributed by atoms with Gasteiger partial charge >= 0.3 is 12.1 Å². The Labute approximate surface area is 132 Å². The smallest absolute Gasteiger partial charge is 0.408 e. The van der Waals surface area contributed by atoms with Crippen molar-refractivity contribution in [2.24, 2.45) is 4.99 Å². The highest BCUT2D eigenvalue weighted by Crippen LogP contribution is 2.31. The van der Waals surface area contributed by atoms with Crippen molar-refractivity contribution in [3.05, 3.63) is 40.0 Å². The minimum absolute atomic E-state index is 0.0271. The molecule has 0 amide bonds. The summed E-state index contributed by atoms with van der Waals surface area (Å²) in [5.41, 5.74) is -0.809. The second-order valence-electron chi connectivity index (χ2n) is 4.46. The van der Waals surface area contributed by atoms with E-state index in [1.807, 2.05) is 0 Å². The van der Waals surface area contributed by atoms with Gasteiger partial charge in [-0.1, -0.05) is 6.07 Å². The van der Waals surface area contributed by atoms with Crippen LogP contribution < -0.4 is 9.54 Å². The van der Waals surface area contributed by atoms with E-state index in [1.165, 1.54) is 31.4 Å². The van der Waals surface area contributed by atoms with Crippen molar-refractivity contribution in [1.29, 1.82) is 0 Å². The number of halogens is 3. The number of hydrogen-bond acceptors (Lipinski definition) is 5. The van der Waals surface area contributed by atoms with Gasteiger partial charge in [0.25, 0.3) is 0 Å². The molecule has 0 atom stereocenters. The Balaban J connectivity index is 2.54. The Hall–Kier alpha value is -2.42. The highest BCUT2D eigenvalue weighted by molar-refractivity contribution is 7.07. The number of nitrogens with zero attached hydrogens (tertiary/aromatic N) is 2. The van der Waals surface area contributed by atoms with E-state index in [0.29, 0.717) is 0 Å². The van der Waals surface area contributed by atoms with Crippen molar-refractivity contribution in [3.63, 3.8) is 0 Å². The Kier molecular flexibility index (Phi) is 4.69. The van der Waals surface area contributed by atoms with E-state index in [0.717, 1.165) is 28.0 Å². The van der Waals surface area contributed by atoms with Crippen molar-refractivity contribution in [2.75, 3.05) is 0 Å². The monoisotopic (exact) mass is 344 g/mol. The predicted octanol–water partition coefficient (Wildman–Crippen LogP) is 3.39. The number of benzene rings is 1. The van der Waals surface area contributed by atoms with Crippen LogP contribution in [0.15, 0.2) is 34.6 Å². The summed E-state index contributed by atoms with van der Waals surface area (Å²) in [6.07, 6.45) is -4.49. The summed E-state index contributed by atoms with van der Waals surface area (Å²) >= 11 is 0.972. The number of ether oxygens (including phenoxy) is 1. The Morgan fingerprint density at radius 3 is 2.52 bits per heavy atom. The lowest BCUT2D eigenvalue weighted by atomic mass is 10.2. The molecule has 0 fully saturated rings. The van der Waals surface area contributed by atoms with E-state index in [2.05, 4.69) is 4.99 Å². The molecule has 0 saturated heterocycles. The molecule has 0 bridgehead atoms. The number of carbonyl (C=O) groups is 2. The van der Waals surface area contributed by atoms with E-state index in [1.54, 1.807) is 0 Å². The van der Waals surface area contributed by atoms with Crippen molar-refractivity contribution in [2.45, 2.75) is 20.0 Å². The van der Waals surface area contributed by atoms with Crippen molar-refractivity contribution < 1.29 is 27.5 Å². The van der Waals surface area contributed by atoms with Gasteiger partial charge in [-0.2, -0.15) is 13.2 Å².